The fourth-order valence-corrected chi connectivity index (χ4v) is 2.99. The van der Waals surface area contributed by atoms with Gasteiger partial charge in [-0.1, -0.05) is 17.7 Å². The number of nitrogens with zero attached hydrogens (tertiary/aromatic N) is 5. The van der Waals surface area contributed by atoms with Crippen LogP contribution in [0.2, 0.25) is 0 Å². The van der Waals surface area contributed by atoms with Crippen molar-refractivity contribution < 1.29 is 0 Å². The summed E-state index contributed by atoms with van der Waals surface area (Å²) in [5.74, 6) is 3.99. The maximum atomic E-state index is 4.78. The van der Waals surface area contributed by atoms with E-state index in [4.69, 9.17) is 10.1 Å². The normalized spacial score (nSPS) is 11.1. The zero-order valence-electron chi connectivity index (χ0n) is 14.4. The Labute approximate surface area is 147 Å². The molecule has 1 aromatic carbocycles. The molecule has 126 valence electrons. The third-order valence-electron chi connectivity index (χ3n) is 4.03. The van der Waals surface area contributed by atoms with Crippen LogP contribution in [0.15, 0.2) is 36.7 Å². The van der Waals surface area contributed by atoms with E-state index in [0.29, 0.717) is 0 Å². The average molecular weight is 341 g/mol. The minimum absolute atomic E-state index is 0.831. The molecule has 6 heteroatoms. The molecule has 24 heavy (non-hydrogen) atoms. The van der Waals surface area contributed by atoms with Crippen LogP contribution in [0, 0.1) is 13.8 Å². The smallest absolute Gasteiger partial charge is 0.152 e. The van der Waals surface area contributed by atoms with Crippen LogP contribution in [0.5, 0.6) is 0 Å². The quantitative estimate of drug-likeness (QED) is 0.662. The van der Waals surface area contributed by atoms with E-state index in [1.807, 2.05) is 35.8 Å². The summed E-state index contributed by atoms with van der Waals surface area (Å²) >= 11 is 1.82. The molecule has 3 aromatic rings. The molecular weight excluding hydrogens is 318 g/mol. The van der Waals surface area contributed by atoms with Gasteiger partial charge in [0, 0.05) is 37.5 Å². The second-order valence-electron chi connectivity index (χ2n) is 5.85. The Kier molecular flexibility index (Phi) is 5.35. The molecular formula is C18H23N5S. The molecule has 0 fully saturated rings. The van der Waals surface area contributed by atoms with Crippen molar-refractivity contribution in [2.75, 3.05) is 12.0 Å². The minimum atomic E-state index is 0.831. The fourth-order valence-electron chi connectivity index (χ4n) is 2.61. The van der Waals surface area contributed by atoms with Gasteiger partial charge in [-0.2, -0.15) is 16.9 Å². The lowest BCUT2D eigenvalue weighted by Crippen LogP contribution is -2.08. The van der Waals surface area contributed by atoms with Crippen LogP contribution < -0.4 is 0 Å². The highest BCUT2D eigenvalue weighted by atomic mass is 32.2. The van der Waals surface area contributed by atoms with Gasteiger partial charge in [0.1, 0.15) is 11.6 Å². The molecule has 3 rings (SSSR count). The lowest BCUT2D eigenvalue weighted by atomic mass is 10.2. The van der Waals surface area contributed by atoms with E-state index < -0.39 is 0 Å². The van der Waals surface area contributed by atoms with Gasteiger partial charge in [0.15, 0.2) is 5.82 Å². The maximum Gasteiger partial charge on any atom is 0.152 e. The van der Waals surface area contributed by atoms with Crippen LogP contribution in [-0.2, 0) is 19.4 Å². The summed E-state index contributed by atoms with van der Waals surface area (Å²) in [4.78, 5) is 9.06. The summed E-state index contributed by atoms with van der Waals surface area (Å²) < 4.78 is 4.14. The number of imidazole rings is 1. The molecule has 0 amide bonds. The number of aryl methyl sites for hydroxylation is 5. The molecule has 5 nitrogen and oxygen atoms in total. The number of thioether (sulfide) groups is 1. The van der Waals surface area contributed by atoms with E-state index in [9.17, 15) is 0 Å². The van der Waals surface area contributed by atoms with Crippen molar-refractivity contribution in [1.29, 1.82) is 0 Å². The van der Waals surface area contributed by atoms with Crippen LogP contribution >= 0.6 is 11.8 Å². The van der Waals surface area contributed by atoms with Crippen molar-refractivity contribution in [3.8, 4) is 5.69 Å². The zero-order valence-corrected chi connectivity index (χ0v) is 15.3. The molecule has 0 unspecified atom stereocenters. The third-order valence-corrected chi connectivity index (χ3v) is 4.64. The van der Waals surface area contributed by atoms with Crippen LogP contribution in [0.3, 0.4) is 0 Å². The van der Waals surface area contributed by atoms with E-state index in [0.717, 1.165) is 48.3 Å². The van der Waals surface area contributed by atoms with Crippen LogP contribution in [0.1, 0.15) is 23.0 Å². The van der Waals surface area contributed by atoms with Crippen molar-refractivity contribution in [2.45, 2.75) is 33.2 Å². The second-order valence-corrected chi connectivity index (χ2v) is 6.84. The van der Waals surface area contributed by atoms with E-state index in [1.54, 1.807) is 0 Å². The Bertz CT molecular complexity index is 788. The predicted molar refractivity (Wildman–Crippen MR) is 98.9 cm³/mol. The van der Waals surface area contributed by atoms with Crippen molar-refractivity contribution >= 4 is 11.8 Å². The van der Waals surface area contributed by atoms with Crippen molar-refractivity contribution in [3.05, 3.63) is 59.7 Å². The van der Waals surface area contributed by atoms with Crippen molar-refractivity contribution in [1.82, 2.24) is 24.3 Å². The summed E-state index contributed by atoms with van der Waals surface area (Å²) in [6.07, 6.45) is 7.69. The number of rotatable bonds is 7. The van der Waals surface area contributed by atoms with Crippen LogP contribution in [0.4, 0.5) is 0 Å². The lowest BCUT2D eigenvalue weighted by Gasteiger charge is -2.07. The number of hydrogen-bond donors (Lipinski definition) is 0. The molecule has 0 aliphatic heterocycles. The van der Waals surface area contributed by atoms with Gasteiger partial charge in [-0.3, -0.25) is 0 Å². The minimum Gasteiger partial charge on any atom is -0.335 e. The SMILES string of the molecule is CSCCc1nc(CCn2ccnc2C)n(-c2ccc(C)cc2)n1. The summed E-state index contributed by atoms with van der Waals surface area (Å²) in [7, 11) is 0. The molecule has 0 bridgehead atoms. The number of benzene rings is 1. The molecule has 0 atom stereocenters. The monoisotopic (exact) mass is 341 g/mol. The van der Waals surface area contributed by atoms with Gasteiger partial charge in [0.05, 0.1) is 5.69 Å². The Morgan fingerprint density at radius 2 is 1.88 bits per heavy atom. The van der Waals surface area contributed by atoms with Crippen LogP contribution in [0.25, 0.3) is 5.69 Å². The molecule has 0 aliphatic rings. The van der Waals surface area contributed by atoms with E-state index in [1.165, 1.54) is 5.56 Å². The second kappa shape index (κ2) is 7.66. The zero-order chi connectivity index (χ0) is 16.9. The molecule has 0 N–H and O–H groups in total. The van der Waals surface area contributed by atoms with Gasteiger partial charge < -0.3 is 4.57 Å². The number of hydrogen-bond acceptors (Lipinski definition) is 4. The summed E-state index contributed by atoms with van der Waals surface area (Å²) in [5.41, 5.74) is 2.32. The Hall–Kier alpha value is -2.08. The Morgan fingerprint density at radius 1 is 1.08 bits per heavy atom. The third kappa shape index (κ3) is 3.87. The summed E-state index contributed by atoms with van der Waals surface area (Å²) in [6.45, 7) is 4.98. The first kappa shape index (κ1) is 16.8. The maximum absolute atomic E-state index is 4.78. The largest absolute Gasteiger partial charge is 0.335 e. The van der Waals surface area contributed by atoms with Gasteiger partial charge in [-0.05, 0) is 32.2 Å². The van der Waals surface area contributed by atoms with Crippen molar-refractivity contribution in [3.63, 3.8) is 0 Å². The Morgan fingerprint density at radius 3 is 2.54 bits per heavy atom. The first-order valence-electron chi connectivity index (χ1n) is 8.16. The van der Waals surface area contributed by atoms with Gasteiger partial charge in [-0.25, -0.2) is 14.6 Å². The predicted octanol–water partition coefficient (Wildman–Crippen LogP) is 3.23. The highest BCUT2D eigenvalue weighted by Gasteiger charge is 2.12. The highest BCUT2D eigenvalue weighted by molar-refractivity contribution is 7.98. The average Bonchev–Trinajstić information content (AvgIpc) is 3.18. The lowest BCUT2D eigenvalue weighted by molar-refractivity contribution is 0.637. The summed E-state index contributed by atoms with van der Waals surface area (Å²) in [6, 6.07) is 8.44. The first-order valence-corrected chi connectivity index (χ1v) is 9.55. The topological polar surface area (TPSA) is 48.5 Å². The van der Waals surface area contributed by atoms with Crippen molar-refractivity contribution in [2.24, 2.45) is 0 Å². The van der Waals surface area contributed by atoms with Gasteiger partial charge >= 0.3 is 0 Å². The first-order chi connectivity index (χ1) is 11.7. The molecule has 0 saturated carbocycles. The highest BCUT2D eigenvalue weighted by Crippen LogP contribution is 2.14. The summed E-state index contributed by atoms with van der Waals surface area (Å²) in [5, 5.41) is 4.74. The van der Waals surface area contributed by atoms with E-state index >= 15 is 0 Å². The van der Waals surface area contributed by atoms with Gasteiger partial charge in [0.2, 0.25) is 0 Å². The van der Waals surface area contributed by atoms with E-state index in [-0.39, 0.29) is 0 Å². The molecule has 2 heterocycles. The molecule has 2 aromatic heterocycles. The standard InChI is InChI=1S/C18H23N5S/c1-14-4-6-16(7-5-14)23-18(20-17(21-23)9-13-24-3)8-11-22-12-10-19-15(22)2/h4-7,10,12H,8-9,11,13H2,1-3H3. The number of aromatic nitrogens is 5. The molecule has 0 aliphatic carbocycles. The molecule has 0 radical (unpaired) electrons. The fraction of sp³-hybridized carbons (Fsp3) is 0.389. The van der Waals surface area contributed by atoms with E-state index in [2.05, 4.69) is 47.0 Å². The Balaban J connectivity index is 1.86. The van der Waals surface area contributed by atoms with Crippen LogP contribution in [-0.4, -0.2) is 36.3 Å². The molecule has 0 saturated heterocycles. The van der Waals surface area contributed by atoms with Gasteiger partial charge in [0.25, 0.3) is 0 Å². The van der Waals surface area contributed by atoms with Gasteiger partial charge in [-0.15, -0.1) is 0 Å². The molecule has 0 spiro atoms.